The Bertz CT molecular complexity index is 1210. The molecule has 0 aliphatic rings. The third kappa shape index (κ3) is 12.6. The van der Waals surface area contributed by atoms with Gasteiger partial charge in [0.1, 0.15) is 0 Å². The van der Waals surface area contributed by atoms with Gasteiger partial charge in [-0.1, -0.05) is 23.2 Å². The second-order valence-corrected chi connectivity index (χ2v) is 10.3. The van der Waals surface area contributed by atoms with Crippen molar-refractivity contribution in [2.45, 2.75) is 0 Å². The van der Waals surface area contributed by atoms with Gasteiger partial charge in [0.25, 0.3) is 5.69 Å². The quantitative estimate of drug-likeness (QED) is 0.0532. The van der Waals surface area contributed by atoms with Crippen LogP contribution in [0.5, 0.6) is 11.5 Å². The third-order valence-electron chi connectivity index (χ3n) is 6.11. The van der Waals surface area contributed by atoms with E-state index in [1.165, 1.54) is 12.1 Å². The zero-order valence-electron chi connectivity index (χ0n) is 23.2. The lowest BCUT2D eigenvalue weighted by Crippen LogP contribution is -2.80. The predicted molar refractivity (Wildman–Crippen MR) is 203 cm³/mol. The molecule has 0 fully saturated rings. The van der Waals surface area contributed by atoms with Crippen molar-refractivity contribution in [3.63, 3.8) is 0 Å². The zero-order valence-corrected chi connectivity index (χ0v) is 24.7. The zero-order chi connectivity index (χ0) is 34.8. The number of hydrogen-bond donors (Lipinski definition) is 4. The number of phenols is 2. The number of rotatable bonds is 10. The fourth-order valence-electron chi connectivity index (χ4n) is 4.02. The number of hydrogen-bond acceptors (Lipinski definition) is 8. The number of halogens is 2. The summed E-state index contributed by atoms with van der Waals surface area (Å²) in [6, 6.07) is 4.36. The second kappa shape index (κ2) is 19.1. The maximum Gasteiger partial charge on any atom is 0.319 e. The van der Waals surface area contributed by atoms with Crippen molar-refractivity contribution in [1.29, 1.82) is 0 Å². The minimum Gasteiger partial charge on any atom is -0.504 e. The van der Waals surface area contributed by atoms with Gasteiger partial charge in [0.15, 0.2) is 5.75 Å². The van der Waals surface area contributed by atoms with E-state index in [1.54, 1.807) is 0 Å². The van der Waals surface area contributed by atoms with Crippen LogP contribution in [-0.4, -0.2) is 163 Å². The van der Waals surface area contributed by atoms with Gasteiger partial charge in [0, 0.05) is 154 Å². The molecule has 0 heterocycles. The molecule has 0 saturated carbocycles. The van der Waals surface area contributed by atoms with Gasteiger partial charge in [0.2, 0.25) is 5.75 Å². The van der Waals surface area contributed by atoms with Crippen LogP contribution in [0.1, 0.15) is 0 Å². The van der Waals surface area contributed by atoms with Gasteiger partial charge >= 0.3 is 5.69 Å². The number of nitrogens with two attached hydrogens (primary N) is 2. The van der Waals surface area contributed by atoms with Crippen molar-refractivity contribution < 1.29 is 20.1 Å². The summed E-state index contributed by atoms with van der Waals surface area (Å²) in [5.74, 6) is -0.891. The summed E-state index contributed by atoms with van der Waals surface area (Å²) in [5.41, 5.74) is 9.97. The fourth-order valence-corrected chi connectivity index (χ4v) is 4.47. The largest absolute Gasteiger partial charge is 0.504 e. The van der Waals surface area contributed by atoms with Gasteiger partial charge in [-0.25, -0.2) is 0 Å². The number of anilines is 2. The van der Waals surface area contributed by atoms with Crippen molar-refractivity contribution in [3.8, 4) is 11.5 Å². The molecule has 0 aliphatic carbocycles. The molecular weight excluding hydrogens is 583 g/mol. The Labute approximate surface area is 284 Å². The molecule has 2 rings (SSSR count). The molecule has 22 radical (unpaired) electrons. The molecular formula is C12H10B20Cl2N4O6. The van der Waals surface area contributed by atoms with E-state index in [1.807, 2.05) is 0 Å². The molecule has 0 saturated heterocycles. The molecule has 0 unspecified atom stereocenters. The minimum atomic E-state index is -0.950. The second-order valence-electron chi connectivity index (χ2n) is 9.45. The van der Waals surface area contributed by atoms with Crippen molar-refractivity contribution >= 4 is 189 Å². The molecule has 188 valence electrons. The Morgan fingerprint density at radius 2 is 1.02 bits per heavy atom. The Morgan fingerprint density at radius 3 is 1.34 bits per heavy atom. The summed E-state index contributed by atoms with van der Waals surface area (Å²) >= 11 is 10.9. The number of aromatic hydroxyl groups is 2. The normalized spacial score (nSPS) is 9.50. The first-order chi connectivity index (χ1) is 20.1. The molecule has 0 aliphatic heterocycles. The average molecular weight is 593 g/mol. The monoisotopic (exact) mass is 596 g/mol. The molecule has 0 atom stereocenters. The Morgan fingerprint density at radius 1 is 0.614 bits per heavy atom. The highest BCUT2D eigenvalue weighted by Gasteiger charge is 2.44. The van der Waals surface area contributed by atoms with E-state index in [9.17, 15) is 20.2 Å². The third-order valence-corrected chi connectivity index (χ3v) is 6.68. The minimum absolute atomic E-state index is 0.115. The highest BCUT2D eigenvalue weighted by Crippen LogP contribution is 2.37. The van der Waals surface area contributed by atoms with Crippen molar-refractivity contribution in [2.24, 2.45) is 0 Å². The number of benzene rings is 2. The molecule has 44 heavy (non-hydrogen) atoms. The highest BCUT2D eigenvalue weighted by molar-refractivity contribution is 8.19. The van der Waals surface area contributed by atoms with Crippen LogP contribution in [0.4, 0.5) is 22.7 Å². The maximum absolute atomic E-state index is 10.3. The SMILES string of the molecule is Nc1cc(N)c(O)c(Cl)c1.O=[N+]([O-])c1cc(Cl)c(O)c([N+](=O)[O-])c1.[B]B([B])B([B])B(B(B([B])[B])B([B])[B])B(B([B])[B])B([B])[B]. The summed E-state index contributed by atoms with van der Waals surface area (Å²) in [4.78, 5) is 18.8. The van der Waals surface area contributed by atoms with Gasteiger partial charge < -0.3 is 21.7 Å². The lowest BCUT2D eigenvalue weighted by molar-refractivity contribution is -0.394. The van der Waals surface area contributed by atoms with Crippen LogP contribution >= 0.6 is 23.2 Å². The van der Waals surface area contributed by atoms with Gasteiger partial charge in [-0.15, -0.1) is 0 Å². The van der Waals surface area contributed by atoms with Crippen LogP contribution in [-0.2, 0) is 0 Å². The predicted octanol–water partition coefficient (Wildman–Crippen LogP) is -4.54. The average Bonchev–Trinajstić information content (AvgIpc) is 2.87. The maximum atomic E-state index is 10.3. The molecule has 0 amide bonds. The molecule has 2 aromatic carbocycles. The van der Waals surface area contributed by atoms with Crippen molar-refractivity contribution in [3.05, 3.63) is 54.5 Å². The molecule has 0 bridgehead atoms. The molecule has 32 heteroatoms. The molecule has 6 N–H and O–H groups in total. The first-order valence-corrected chi connectivity index (χ1v) is 13.0. The van der Waals surface area contributed by atoms with Crippen LogP contribution in [0, 0.1) is 20.2 Å². The highest BCUT2D eigenvalue weighted by atomic mass is 35.5. The standard InChI is InChI=1S/C6H3ClN2O5.C6H7ClN2O.B20/c7-4-1-3(8(11)12)2-5(6(4)10)9(13)14;7-4-1-3(8)2-5(9)6(4)10;1-12(2)17(11)20(18(13(3)4)14(5)6)19(15(7)8)16(9)10/h1-2,10H;1-2,10H,8-9H2;. The van der Waals surface area contributed by atoms with Gasteiger partial charge in [-0.3, -0.25) is 20.2 Å². The molecule has 10 nitrogen and oxygen atoms in total. The van der Waals surface area contributed by atoms with Crippen LogP contribution in [0.3, 0.4) is 0 Å². The number of nitro benzene ring substituents is 2. The van der Waals surface area contributed by atoms with E-state index in [2.05, 4.69) is 0 Å². The van der Waals surface area contributed by atoms with E-state index >= 15 is 0 Å². The van der Waals surface area contributed by atoms with E-state index < -0.39 is 89.5 Å². The van der Waals surface area contributed by atoms with E-state index in [0.717, 1.165) is 6.07 Å². The van der Waals surface area contributed by atoms with E-state index in [-0.39, 0.29) is 16.5 Å². The van der Waals surface area contributed by atoms with Crippen LogP contribution in [0.15, 0.2) is 24.3 Å². The number of nitro groups is 2. The summed E-state index contributed by atoms with van der Waals surface area (Å²) in [5, 5.41) is 38.4. The number of phenolic OH excluding ortho intramolecular Hbond substituents is 2. The Hall–Kier alpha value is -1.68. The topological polar surface area (TPSA) is 179 Å². The van der Waals surface area contributed by atoms with Crippen LogP contribution in [0.2, 0.25) is 10.0 Å². The first kappa shape index (κ1) is 42.3. The van der Waals surface area contributed by atoms with Crippen molar-refractivity contribution in [2.75, 3.05) is 11.5 Å². The summed E-state index contributed by atoms with van der Waals surface area (Å²) < 4.78 is 0. The molecule has 0 aromatic heterocycles. The lowest BCUT2D eigenvalue weighted by Gasteiger charge is -2.42. The van der Waals surface area contributed by atoms with Gasteiger partial charge in [-0.05, 0) is 12.1 Å². The smallest absolute Gasteiger partial charge is 0.319 e. The fraction of sp³-hybridized carbons (Fsp3) is 0. The van der Waals surface area contributed by atoms with Gasteiger partial charge in [0.05, 0.1) is 31.6 Å². The van der Waals surface area contributed by atoms with Crippen molar-refractivity contribution in [1.82, 2.24) is 0 Å². The number of nitrogens with zero attached hydrogens (tertiary/aromatic N) is 2. The number of non-ortho nitro benzene ring substituents is 1. The van der Waals surface area contributed by atoms with E-state index in [4.69, 9.17) is 130 Å². The molecule has 0 spiro atoms. The first-order valence-electron chi connectivity index (χ1n) is 12.2. The van der Waals surface area contributed by atoms with Crippen LogP contribution in [0.25, 0.3) is 0 Å². The van der Waals surface area contributed by atoms with E-state index in [0.29, 0.717) is 11.8 Å². The summed E-state index contributed by atoms with van der Waals surface area (Å²) in [6.07, 6.45) is -7.15. The molecule has 2 aromatic rings. The Balaban J connectivity index is 0.000000668. The van der Waals surface area contributed by atoms with Crippen LogP contribution < -0.4 is 11.5 Å². The lowest BCUT2D eigenvalue weighted by atomic mass is 8.39. The Kier molecular flexibility index (Phi) is 18.4. The van der Waals surface area contributed by atoms with Gasteiger partial charge in [-0.2, -0.15) is 0 Å². The summed E-state index contributed by atoms with van der Waals surface area (Å²) in [7, 11) is 63.2. The summed E-state index contributed by atoms with van der Waals surface area (Å²) in [6.45, 7) is 0. The number of nitrogen functional groups attached to an aromatic ring is 2.